The van der Waals surface area contributed by atoms with E-state index in [0.29, 0.717) is 17.0 Å². The molecule has 0 radical (unpaired) electrons. The van der Waals surface area contributed by atoms with E-state index in [-0.39, 0.29) is 24.1 Å². The highest BCUT2D eigenvalue weighted by Gasteiger charge is 2.33. The fraction of sp³-hybridized carbons (Fsp3) is 0.417. The molecular weight excluding hydrogens is 268 g/mol. The zero-order valence-corrected chi connectivity index (χ0v) is 11.5. The van der Waals surface area contributed by atoms with Crippen LogP contribution in [0.3, 0.4) is 0 Å². The number of imide groups is 1. The molecule has 1 aliphatic rings. The summed E-state index contributed by atoms with van der Waals surface area (Å²) in [5, 5.41) is 4.89. The van der Waals surface area contributed by atoms with Gasteiger partial charge in [0.15, 0.2) is 5.06 Å². The number of thiophene rings is 1. The molecule has 3 amide bonds. The molecule has 0 aromatic carbocycles. The summed E-state index contributed by atoms with van der Waals surface area (Å²) < 4.78 is 5.07. The van der Waals surface area contributed by atoms with Crippen LogP contribution in [0.1, 0.15) is 23.2 Å². The van der Waals surface area contributed by atoms with Crippen molar-refractivity contribution in [1.29, 1.82) is 0 Å². The maximum Gasteiger partial charge on any atom is 0.256 e. The highest BCUT2D eigenvalue weighted by atomic mass is 32.1. The van der Waals surface area contributed by atoms with Crippen molar-refractivity contribution < 1.29 is 19.1 Å². The van der Waals surface area contributed by atoms with Crippen LogP contribution in [0.4, 0.5) is 0 Å². The lowest BCUT2D eigenvalue weighted by Gasteiger charge is -2.28. The first-order valence-electron chi connectivity index (χ1n) is 5.77. The van der Waals surface area contributed by atoms with Gasteiger partial charge in [0.2, 0.25) is 5.91 Å². The summed E-state index contributed by atoms with van der Waals surface area (Å²) in [6.45, 7) is 0. The van der Waals surface area contributed by atoms with E-state index in [9.17, 15) is 14.4 Å². The van der Waals surface area contributed by atoms with Gasteiger partial charge in [-0.15, -0.1) is 11.3 Å². The van der Waals surface area contributed by atoms with Crippen molar-refractivity contribution in [2.75, 3.05) is 14.2 Å². The topological polar surface area (TPSA) is 75.7 Å². The van der Waals surface area contributed by atoms with Crippen molar-refractivity contribution in [3.05, 3.63) is 17.0 Å². The zero-order chi connectivity index (χ0) is 14.0. The van der Waals surface area contributed by atoms with Gasteiger partial charge >= 0.3 is 0 Å². The van der Waals surface area contributed by atoms with Crippen LogP contribution < -0.4 is 10.1 Å². The summed E-state index contributed by atoms with van der Waals surface area (Å²) in [7, 11) is 2.91. The maximum atomic E-state index is 12.0. The van der Waals surface area contributed by atoms with Crippen LogP contribution >= 0.6 is 11.3 Å². The smallest absolute Gasteiger partial charge is 0.256 e. The van der Waals surface area contributed by atoms with E-state index in [1.165, 1.54) is 25.5 Å². The molecular formula is C12H14N2O4S. The molecule has 1 fully saturated rings. The van der Waals surface area contributed by atoms with Crippen molar-refractivity contribution >= 4 is 29.1 Å². The third-order valence-corrected chi connectivity index (χ3v) is 3.89. The molecule has 1 unspecified atom stereocenters. The van der Waals surface area contributed by atoms with Crippen LogP contribution in [0, 0.1) is 0 Å². The van der Waals surface area contributed by atoms with E-state index in [2.05, 4.69) is 5.32 Å². The summed E-state index contributed by atoms with van der Waals surface area (Å²) in [6.07, 6.45) is 0.591. The lowest BCUT2D eigenvalue weighted by molar-refractivity contribution is -0.147. The van der Waals surface area contributed by atoms with E-state index in [4.69, 9.17) is 4.74 Å². The molecule has 6 nitrogen and oxygen atoms in total. The van der Waals surface area contributed by atoms with Crippen molar-refractivity contribution in [3.8, 4) is 5.06 Å². The summed E-state index contributed by atoms with van der Waals surface area (Å²) in [5.74, 6) is -0.957. The third kappa shape index (κ3) is 2.60. The Morgan fingerprint density at radius 3 is 2.95 bits per heavy atom. The van der Waals surface area contributed by atoms with Gasteiger partial charge in [-0.3, -0.25) is 19.3 Å². The number of piperidine rings is 1. The van der Waals surface area contributed by atoms with Crippen LogP contribution in [0.25, 0.3) is 0 Å². The Morgan fingerprint density at radius 1 is 1.53 bits per heavy atom. The monoisotopic (exact) mass is 282 g/mol. The molecule has 0 spiro atoms. The molecule has 0 aliphatic carbocycles. The van der Waals surface area contributed by atoms with Gasteiger partial charge in [0.1, 0.15) is 6.04 Å². The summed E-state index contributed by atoms with van der Waals surface area (Å²) in [4.78, 5) is 36.3. The number of methoxy groups -OCH3 is 1. The number of likely N-dealkylation sites (tertiary alicyclic amines) is 1. The molecule has 1 N–H and O–H groups in total. The Labute approximate surface area is 114 Å². The molecule has 102 valence electrons. The molecule has 1 aromatic rings. The minimum Gasteiger partial charge on any atom is -0.487 e. The number of hydrogen-bond donors (Lipinski definition) is 1. The van der Waals surface area contributed by atoms with Crippen molar-refractivity contribution in [2.24, 2.45) is 0 Å². The number of likely N-dealkylation sites (N-methyl/N-ethyl adjacent to an activating group) is 1. The number of rotatable bonds is 3. The molecule has 0 bridgehead atoms. The second kappa shape index (κ2) is 5.40. The van der Waals surface area contributed by atoms with Crippen LogP contribution in [0.5, 0.6) is 5.06 Å². The molecule has 7 heteroatoms. The highest BCUT2D eigenvalue weighted by molar-refractivity contribution is 7.12. The lowest BCUT2D eigenvalue weighted by atomic mass is 10.0. The summed E-state index contributed by atoms with van der Waals surface area (Å²) >= 11 is 1.31. The molecule has 19 heavy (non-hydrogen) atoms. The van der Waals surface area contributed by atoms with Crippen molar-refractivity contribution in [3.63, 3.8) is 0 Å². The van der Waals surface area contributed by atoms with E-state index in [1.807, 2.05) is 0 Å². The zero-order valence-electron chi connectivity index (χ0n) is 10.6. The van der Waals surface area contributed by atoms with Gasteiger partial charge in [-0.1, -0.05) is 0 Å². The van der Waals surface area contributed by atoms with E-state index < -0.39 is 6.04 Å². The minimum absolute atomic E-state index is 0.219. The lowest BCUT2D eigenvalue weighted by Crippen LogP contribution is -2.52. The summed E-state index contributed by atoms with van der Waals surface area (Å²) in [6, 6.07) is 0.987. The summed E-state index contributed by atoms with van der Waals surface area (Å²) in [5.41, 5.74) is 0.403. The normalized spacial score (nSPS) is 19.5. The van der Waals surface area contributed by atoms with Gasteiger partial charge in [0.25, 0.3) is 11.8 Å². The molecule has 1 atom stereocenters. The Balaban J connectivity index is 2.07. The average Bonchev–Trinajstić information content (AvgIpc) is 2.88. The average molecular weight is 282 g/mol. The van der Waals surface area contributed by atoms with Gasteiger partial charge in [-0.25, -0.2) is 0 Å². The van der Waals surface area contributed by atoms with Gasteiger partial charge in [0.05, 0.1) is 12.7 Å². The minimum atomic E-state index is -0.653. The molecule has 2 rings (SSSR count). The van der Waals surface area contributed by atoms with Crippen molar-refractivity contribution in [1.82, 2.24) is 10.2 Å². The number of carbonyl (C=O) groups is 3. The number of nitrogens with zero attached hydrogens (tertiary/aromatic N) is 1. The molecule has 2 heterocycles. The van der Waals surface area contributed by atoms with Crippen LogP contribution in [-0.4, -0.2) is 42.8 Å². The Hall–Kier alpha value is -1.89. The largest absolute Gasteiger partial charge is 0.487 e. The number of hydrogen-bond acceptors (Lipinski definition) is 5. The Kier molecular flexibility index (Phi) is 3.84. The van der Waals surface area contributed by atoms with Crippen LogP contribution in [0.15, 0.2) is 11.4 Å². The van der Waals surface area contributed by atoms with Gasteiger partial charge < -0.3 is 10.1 Å². The second-order valence-electron chi connectivity index (χ2n) is 4.18. The SMILES string of the molecule is COc1sccc1C(=O)NC1CCC(=O)N(C)C1=O. The van der Waals surface area contributed by atoms with Crippen molar-refractivity contribution in [2.45, 2.75) is 18.9 Å². The fourth-order valence-corrected chi connectivity index (χ4v) is 2.62. The number of ether oxygens (including phenoxy) is 1. The third-order valence-electron chi connectivity index (χ3n) is 3.01. The van der Waals surface area contributed by atoms with Crippen LogP contribution in [0.2, 0.25) is 0 Å². The first kappa shape index (κ1) is 13.5. The highest BCUT2D eigenvalue weighted by Crippen LogP contribution is 2.25. The predicted octanol–water partition coefficient (Wildman–Crippen LogP) is 0.634. The number of amides is 3. The van der Waals surface area contributed by atoms with Gasteiger partial charge in [0, 0.05) is 13.5 Å². The van der Waals surface area contributed by atoms with Gasteiger partial charge in [-0.2, -0.15) is 0 Å². The fourth-order valence-electron chi connectivity index (χ4n) is 1.91. The molecule has 1 saturated heterocycles. The van der Waals surface area contributed by atoms with Gasteiger partial charge in [-0.05, 0) is 17.9 Å². The first-order chi connectivity index (χ1) is 9.04. The van der Waals surface area contributed by atoms with E-state index in [0.717, 1.165) is 4.90 Å². The predicted molar refractivity (Wildman–Crippen MR) is 69.1 cm³/mol. The Bertz CT molecular complexity index is 526. The number of carbonyl (C=O) groups excluding carboxylic acids is 3. The maximum absolute atomic E-state index is 12.0. The quantitative estimate of drug-likeness (QED) is 0.825. The molecule has 0 saturated carbocycles. The van der Waals surface area contributed by atoms with E-state index in [1.54, 1.807) is 11.4 Å². The first-order valence-corrected chi connectivity index (χ1v) is 6.65. The second-order valence-corrected chi connectivity index (χ2v) is 5.06. The molecule has 1 aliphatic heterocycles. The number of nitrogens with one attached hydrogen (secondary N) is 1. The van der Waals surface area contributed by atoms with Crippen LogP contribution in [-0.2, 0) is 9.59 Å². The standard InChI is InChI=1S/C12H14N2O4S/c1-14-9(15)4-3-8(11(14)17)13-10(16)7-5-6-19-12(7)18-2/h5-6,8H,3-4H2,1-2H3,(H,13,16). The Morgan fingerprint density at radius 2 is 2.26 bits per heavy atom. The van der Waals surface area contributed by atoms with E-state index >= 15 is 0 Å². The molecule has 1 aromatic heterocycles.